The summed E-state index contributed by atoms with van der Waals surface area (Å²) in [4.78, 5) is 0. The molecule has 0 saturated carbocycles. The van der Waals surface area contributed by atoms with Crippen molar-refractivity contribution in [2.24, 2.45) is 5.73 Å². The third-order valence-electron chi connectivity index (χ3n) is 2.56. The number of piperidine rings is 1. The predicted molar refractivity (Wildman–Crippen MR) is 73.8 cm³/mol. The van der Waals surface area contributed by atoms with Crippen molar-refractivity contribution in [2.45, 2.75) is 25.1 Å². The average Bonchev–Trinajstić information content (AvgIpc) is 2.30. The van der Waals surface area contributed by atoms with Crippen LogP contribution in [0, 0.1) is 0 Å². The molecule has 1 aliphatic rings. The fourth-order valence-corrected chi connectivity index (χ4v) is 1.61. The van der Waals surface area contributed by atoms with E-state index in [0.29, 0.717) is 11.1 Å². The predicted octanol–water partition coefficient (Wildman–Crippen LogP) is 3.48. The van der Waals surface area contributed by atoms with E-state index < -0.39 is 11.7 Å². The zero-order chi connectivity index (χ0) is 13.6. The highest BCUT2D eigenvalue weighted by molar-refractivity contribution is 6.30. The maximum atomic E-state index is 11.9. The van der Waals surface area contributed by atoms with Crippen LogP contribution >= 0.6 is 24.0 Å². The van der Waals surface area contributed by atoms with E-state index in [1.54, 1.807) is 0 Å². The summed E-state index contributed by atoms with van der Waals surface area (Å²) < 4.78 is 35.6. The number of hydrogen-bond donors (Lipinski definition) is 2. The molecular weight excluding hydrogens is 300 g/mol. The van der Waals surface area contributed by atoms with E-state index in [2.05, 4.69) is 5.32 Å². The van der Waals surface area contributed by atoms with Gasteiger partial charge in [-0.1, -0.05) is 11.6 Å². The average molecular weight is 317 g/mol. The SMILES string of the molecule is Cl.FC(F)(F)c1ccc(Cl)cc1.NC1CCNCC1. The summed E-state index contributed by atoms with van der Waals surface area (Å²) >= 11 is 5.39. The minimum atomic E-state index is -4.27. The molecule has 0 radical (unpaired) electrons. The van der Waals surface area contributed by atoms with Gasteiger partial charge in [0.25, 0.3) is 0 Å². The van der Waals surface area contributed by atoms with E-state index in [-0.39, 0.29) is 12.4 Å². The molecule has 0 unspecified atom stereocenters. The molecule has 0 atom stereocenters. The van der Waals surface area contributed by atoms with E-state index in [1.165, 1.54) is 12.1 Å². The van der Waals surface area contributed by atoms with E-state index in [9.17, 15) is 13.2 Å². The Morgan fingerprint density at radius 2 is 1.58 bits per heavy atom. The third kappa shape index (κ3) is 7.62. The van der Waals surface area contributed by atoms with Gasteiger partial charge in [-0.25, -0.2) is 0 Å². The number of benzene rings is 1. The summed E-state index contributed by atoms with van der Waals surface area (Å²) in [5, 5.41) is 3.54. The summed E-state index contributed by atoms with van der Waals surface area (Å²) in [6, 6.07) is 4.79. The number of nitrogens with one attached hydrogen (secondary N) is 1. The lowest BCUT2D eigenvalue weighted by Gasteiger charge is -2.17. The quantitative estimate of drug-likeness (QED) is 0.769. The van der Waals surface area contributed by atoms with Gasteiger partial charge >= 0.3 is 6.18 Å². The molecule has 110 valence electrons. The monoisotopic (exact) mass is 316 g/mol. The van der Waals surface area contributed by atoms with Crippen molar-refractivity contribution in [1.29, 1.82) is 0 Å². The van der Waals surface area contributed by atoms with Crippen molar-refractivity contribution in [2.75, 3.05) is 13.1 Å². The van der Waals surface area contributed by atoms with E-state index in [0.717, 1.165) is 38.1 Å². The summed E-state index contributed by atoms with van der Waals surface area (Å²) in [6.07, 6.45) is -1.97. The van der Waals surface area contributed by atoms with Crippen LogP contribution in [0.1, 0.15) is 18.4 Å². The zero-order valence-corrected chi connectivity index (χ0v) is 11.8. The van der Waals surface area contributed by atoms with Crippen LogP contribution in [0.25, 0.3) is 0 Å². The molecule has 3 N–H and O–H groups in total. The molecule has 1 aromatic carbocycles. The van der Waals surface area contributed by atoms with E-state index >= 15 is 0 Å². The van der Waals surface area contributed by atoms with Crippen molar-refractivity contribution in [3.05, 3.63) is 34.9 Å². The Morgan fingerprint density at radius 3 is 1.89 bits per heavy atom. The second kappa shape index (κ2) is 8.64. The molecule has 0 aromatic heterocycles. The Hall–Kier alpha value is -0.490. The smallest absolute Gasteiger partial charge is 0.328 e. The van der Waals surface area contributed by atoms with E-state index in [4.69, 9.17) is 17.3 Å². The molecule has 1 heterocycles. The third-order valence-corrected chi connectivity index (χ3v) is 2.81. The number of rotatable bonds is 0. The summed E-state index contributed by atoms with van der Waals surface area (Å²) in [7, 11) is 0. The fraction of sp³-hybridized carbons (Fsp3) is 0.500. The maximum Gasteiger partial charge on any atom is 0.416 e. The molecule has 0 bridgehead atoms. The Morgan fingerprint density at radius 1 is 1.11 bits per heavy atom. The van der Waals surface area contributed by atoms with Gasteiger partial charge in [0, 0.05) is 11.1 Å². The molecule has 1 fully saturated rings. The molecule has 7 heteroatoms. The summed E-state index contributed by atoms with van der Waals surface area (Å²) in [6.45, 7) is 2.22. The number of alkyl halides is 3. The first-order chi connectivity index (χ1) is 8.39. The van der Waals surface area contributed by atoms with Gasteiger partial charge in [0.2, 0.25) is 0 Å². The van der Waals surface area contributed by atoms with E-state index in [1.807, 2.05) is 0 Å². The van der Waals surface area contributed by atoms with Crippen molar-refractivity contribution in [3.63, 3.8) is 0 Å². The van der Waals surface area contributed by atoms with Gasteiger partial charge in [-0.15, -0.1) is 12.4 Å². The summed E-state index contributed by atoms with van der Waals surface area (Å²) in [5.74, 6) is 0. The molecule has 0 spiro atoms. The largest absolute Gasteiger partial charge is 0.416 e. The second-order valence-corrected chi connectivity index (χ2v) is 4.53. The minimum absolute atomic E-state index is 0. The van der Waals surface area contributed by atoms with Crippen molar-refractivity contribution < 1.29 is 13.2 Å². The molecule has 1 saturated heterocycles. The van der Waals surface area contributed by atoms with Crippen LogP contribution in [0.2, 0.25) is 5.02 Å². The Kier molecular flexibility index (Phi) is 8.41. The van der Waals surface area contributed by atoms with Crippen molar-refractivity contribution >= 4 is 24.0 Å². The number of hydrogen-bond acceptors (Lipinski definition) is 2. The van der Waals surface area contributed by atoms with Crippen molar-refractivity contribution in [1.82, 2.24) is 5.32 Å². The van der Waals surface area contributed by atoms with Gasteiger partial charge in [0.1, 0.15) is 0 Å². The first-order valence-corrected chi connectivity index (χ1v) is 6.06. The highest BCUT2D eigenvalue weighted by atomic mass is 35.5. The first kappa shape index (κ1) is 18.5. The lowest BCUT2D eigenvalue weighted by Crippen LogP contribution is -2.35. The van der Waals surface area contributed by atoms with Crippen LogP contribution in [0.4, 0.5) is 13.2 Å². The van der Waals surface area contributed by atoms with Gasteiger partial charge in [0.15, 0.2) is 0 Å². The topological polar surface area (TPSA) is 38.0 Å². The van der Waals surface area contributed by atoms with Gasteiger partial charge < -0.3 is 11.1 Å². The van der Waals surface area contributed by atoms with Gasteiger partial charge in [-0.2, -0.15) is 13.2 Å². The standard InChI is InChI=1S/C7H4ClF3.C5H12N2.ClH/c8-6-3-1-5(2-4-6)7(9,10)11;6-5-1-3-7-4-2-5;/h1-4H;5,7H,1-4,6H2;1H. The molecule has 0 amide bonds. The maximum absolute atomic E-state index is 11.9. The summed E-state index contributed by atoms with van der Waals surface area (Å²) in [5.41, 5.74) is 4.92. The Bertz CT molecular complexity index is 349. The highest BCUT2D eigenvalue weighted by Crippen LogP contribution is 2.29. The molecule has 1 aliphatic heterocycles. The van der Waals surface area contributed by atoms with Crippen LogP contribution in [0.5, 0.6) is 0 Å². The highest BCUT2D eigenvalue weighted by Gasteiger charge is 2.29. The fourth-order valence-electron chi connectivity index (χ4n) is 1.48. The van der Waals surface area contributed by atoms with Gasteiger partial charge in [0.05, 0.1) is 5.56 Å². The Balaban J connectivity index is 0.000000352. The molecule has 0 aliphatic carbocycles. The molecule has 19 heavy (non-hydrogen) atoms. The van der Waals surface area contributed by atoms with Crippen LogP contribution in [-0.2, 0) is 6.18 Å². The molecular formula is C12H17Cl2F3N2. The minimum Gasteiger partial charge on any atom is -0.328 e. The molecule has 2 nitrogen and oxygen atoms in total. The van der Waals surface area contributed by atoms with Crippen LogP contribution in [0.15, 0.2) is 24.3 Å². The van der Waals surface area contributed by atoms with Crippen molar-refractivity contribution in [3.8, 4) is 0 Å². The van der Waals surface area contributed by atoms with Crippen LogP contribution in [0.3, 0.4) is 0 Å². The number of halogens is 5. The number of nitrogens with two attached hydrogens (primary N) is 1. The van der Waals surface area contributed by atoms with Gasteiger partial charge in [-0.05, 0) is 50.2 Å². The normalized spacial score (nSPS) is 16.1. The van der Waals surface area contributed by atoms with Crippen LogP contribution < -0.4 is 11.1 Å². The Labute approximate surface area is 121 Å². The lowest BCUT2D eigenvalue weighted by molar-refractivity contribution is -0.137. The lowest BCUT2D eigenvalue weighted by atomic mass is 10.1. The zero-order valence-electron chi connectivity index (χ0n) is 10.2. The molecule has 1 aromatic rings. The van der Waals surface area contributed by atoms with Gasteiger partial charge in [-0.3, -0.25) is 0 Å². The molecule has 2 rings (SSSR count). The first-order valence-electron chi connectivity index (χ1n) is 5.68. The van der Waals surface area contributed by atoms with Crippen LogP contribution in [-0.4, -0.2) is 19.1 Å². The second-order valence-electron chi connectivity index (χ2n) is 4.09.